The monoisotopic (exact) mass is 848 g/mol. The van der Waals surface area contributed by atoms with E-state index in [-0.39, 0.29) is 52.1 Å². The average Bonchev–Trinajstić information content (AvgIpc) is 3.19. The molecule has 10 heteroatoms. The fraction of sp³-hybridized carbons (Fsp3) is 0.558. The summed E-state index contributed by atoms with van der Waals surface area (Å²) in [7, 11) is 0. The maximum absolute atomic E-state index is 13.7. The molecule has 0 amide bonds. The number of benzene rings is 2. The Labute approximate surface area is 366 Å². The lowest BCUT2D eigenvalue weighted by atomic mass is 9.33. The number of hydrogen-bond donors (Lipinski definition) is 1. The first-order valence-corrected chi connectivity index (χ1v) is 22.4. The Balaban J connectivity index is 1.17. The highest BCUT2D eigenvalue weighted by molar-refractivity contribution is 5.88. The lowest BCUT2D eigenvalue weighted by Crippen LogP contribution is -2.67. The number of carboxylic acids is 1. The van der Waals surface area contributed by atoms with Crippen LogP contribution in [0.3, 0.4) is 0 Å². The lowest BCUT2D eigenvalue weighted by Gasteiger charge is -2.71. The molecule has 8 atom stereocenters. The molecule has 0 spiro atoms. The molecular weight excluding hydrogens is 785 g/mol. The van der Waals surface area contributed by atoms with Crippen LogP contribution in [-0.4, -0.2) is 47.7 Å². The summed E-state index contributed by atoms with van der Waals surface area (Å²) in [5.41, 5.74) is 0.359. The van der Waals surface area contributed by atoms with Crippen LogP contribution in [0.5, 0.6) is 11.5 Å². The minimum atomic E-state index is -0.852. The number of ether oxygens (including phenoxy) is 4. The van der Waals surface area contributed by atoms with Crippen LogP contribution in [0.15, 0.2) is 72.3 Å². The molecule has 4 fully saturated rings. The number of carboxylic acid groups (broad SMARTS) is 1. The van der Waals surface area contributed by atoms with Gasteiger partial charge in [0, 0.05) is 36.8 Å². The summed E-state index contributed by atoms with van der Waals surface area (Å²) in [6, 6.07) is 13.9. The fourth-order valence-corrected chi connectivity index (χ4v) is 13.4. The number of allylic oxidation sites excluding steroid dienone is 1. The lowest BCUT2D eigenvalue weighted by molar-refractivity contribution is -0.221. The summed E-state index contributed by atoms with van der Waals surface area (Å²) in [5.74, 6) is -1.37. The van der Waals surface area contributed by atoms with E-state index in [1.54, 1.807) is 48.6 Å². The van der Waals surface area contributed by atoms with Gasteiger partial charge in [-0.15, -0.1) is 0 Å². The van der Waals surface area contributed by atoms with Gasteiger partial charge in [-0.2, -0.15) is 0 Å². The number of carbonyl (C=O) groups excluding carboxylic acids is 4. The Hall–Kier alpha value is -4.99. The minimum absolute atomic E-state index is 0.0298. The predicted octanol–water partition coefficient (Wildman–Crippen LogP) is 10.6. The number of fused-ring (bicyclic) bond motifs is 7. The van der Waals surface area contributed by atoms with Gasteiger partial charge in [-0.05, 0) is 146 Å². The van der Waals surface area contributed by atoms with Gasteiger partial charge in [-0.3, -0.25) is 14.4 Å². The molecule has 5 aliphatic rings. The molecule has 0 aliphatic heterocycles. The molecule has 332 valence electrons. The number of rotatable bonds is 10. The van der Waals surface area contributed by atoms with Crippen LogP contribution in [0.1, 0.15) is 131 Å². The van der Waals surface area contributed by atoms with Crippen molar-refractivity contribution in [2.45, 2.75) is 126 Å². The first-order valence-electron chi connectivity index (χ1n) is 22.4. The molecule has 0 aromatic heterocycles. The van der Waals surface area contributed by atoms with Gasteiger partial charge in [-0.25, -0.2) is 9.59 Å². The Morgan fingerprint density at radius 2 is 1.32 bits per heavy atom. The number of esters is 4. The molecule has 0 radical (unpaired) electrons. The molecule has 2 aromatic rings. The second-order valence-corrected chi connectivity index (χ2v) is 20.8. The third kappa shape index (κ3) is 8.19. The van der Waals surface area contributed by atoms with Gasteiger partial charge in [0.2, 0.25) is 0 Å². The molecule has 0 heterocycles. The summed E-state index contributed by atoms with van der Waals surface area (Å²) >= 11 is 0. The smallest absolute Gasteiger partial charge is 0.331 e. The first-order chi connectivity index (χ1) is 29.1. The van der Waals surface area contributed by atoms with Crippen LogP contribution >= 0.6 is 0 Å². The van der Waals surface area contributed by atoms with E-state index in [4.69, 9.17) is 18.9 Å². The van der Waals surface area contributed by atoms with Crippen molar-refractivity contribution < 1.29 is 48.0 Å². The summed E-state index contributed by atoms with van der Waals surface area (Å²) in [4.78, 5) is 63.5. The molecule has 0 saturated heterocycles. The van der Waals surface area contributed by atoms with Gasteiger partial charge >= 0.3 is 29.8 Å². The van der Waals surface area contributed by atoms with Gasteiger partial charge in [0.05, 0.1) is 5.41 Å². The molecule has 62 heavy (non-hydrogen) atoms. The molecule has 1 N–H and O–H groups in total. The van der Waals surface area contributed by atoms with Crippen LogP contribution in [0.25, 0.3) is 12.2 Å². The van der Waals surface area contributed by atoms with Crippen LogP contribution in [0.4, 0.5) is 0 Å². The van der Waals surface area contributed by atoms with Gasteiger partial charge in [-0.1, -0.05) is 77.5 Å². The predicted molar refractivity (Wildman–Crippen MR) is 235 cm³/mol. The molecular formula is C52H64O10. The normalized spacial score (nSPS) is 33.1. The highest BCUT2D eigenvalue weighted by Gasteiger charge is 2.71. The van der Waals surface area contributed by atoms with Crippen molar-refractivity contribution in [3.63, 3.8) is 0 Å². The second kappa shape index (κ2) is 16.6. The van der Waals surface area contributed by atoms with E-state index in [0.717, 1.165) is 38.5 Å². The fourth-order valence-electron chi connectivity index (χ4n) is 13.4. The van der Waals surface area contributed by atoms with Crippen molar-refractivity contribution in [1.82, 2.24) is 0 Å². The quantitative estimate of drug-likeness (QED) is 0.106. The van der Waals surface area contributed by atoms with Gasteiger partial charge in [0.15, 0.2) is 0 Å². The number of hydrogen-bond acceptors (Lipinski definition) is 9. The Bertz CT molecular complexity index is 2210. The zero-order chi connectivity index (χ0) is 44.9. The molecule has 5 aliphatic carbocycles. The van der Waals surface area contributed by atoms with Crippen molar-refractivity contribution in [2.75, 3.05) is 6.61 Å². The zero-order valence-electron chi connectivity index (χ0n) is 37.7. The third-order valence-corrected chi connectivity index (χ3v) is 16.5. The standard InChI is InChI=1S/C52H64O10/c1-33(53)60-37-13-9-11-35(29-37)15-19-44(55)59-32-52-28-27-51(46(57)58)26-25-47(3,4)31-40(51)39(52)17-18-42-49(7)23-22-43(48(5,6)41(49)21-24-50(42,52)8)62-45(56)20-16-36-12-10-14-38(30-36)61-34(2)54/h9-17,19-20,29-30,40-43H,18,21-28,31-32H2,1-8H3,(H,57,58)/b19-15+,20-16+/t40?,41?,42?,43-,49-,50+,51-,52-/m0/s1. The molecule has 10 nitrogen and oxygen atoms in total. The molecule has 7 rings (SSSR count). The number of aliphatic carboxylic acids is 1. The van der Waals surface area contributed by atoms with Gasteiger partial charge in [0.1, 0.15) is 24.2 Å². The maximum Gasteiger partial charge on any atom is 0.331 e. The van der Waals surface area contributed by atoms with E-state index >= 15 is 0 Å². The van der Waals surface area contributed by atoms with Gasteiger partial charge < -0.3 is 24.1 Å². The molecule has 2 aromatic carbocycles. The zero-order valence-corrected chi connectivity index (χ0v) is 37.7. The van der Waals surface area contributed by atoms with E-state index in [2.05, 4.69) is 47.6 Å². The van der Waals surface area contributed by atoms with E-state index in [1.165, 1.54) is 31.6 Å². The van der Waals surface area contributed by atoms with E-state index in [1.807, 2.05) is 12.1 Å². The highest BCUT2D eigenvalue weighted by Crippen LogP contribution is 2.76. The maximum atomic E-state index is 13.7. The highest BCUT2D eigenvalue weighted by atomic mass is 16.5. The van der Waals surface area contributed by atoms with Crippen molar-refractivity contribution in [3.8, 4) is 11.5 Å². The van der Waals surface area contributed by atoms with Crippen LogP contribution in [0, 0.1) is 50.2 Å². The molecule has 3 unspecified atom stereocenters. The second-order valence-electron chi connectivity index (χ2n) is 20.8. The van der Waals surface area contributed by atoms with Gasteiger partial charge in [0.25, 0.3) is 0 Å². The van der Waals surface area contributed by atoms with Crippen molar-refractivity contribution in [1.29, 1.82) is 0 Å². The largest absolute Gasteiger partial charge is 0.481 e. The van der Waals surface area contributed by atoms with Crippen molar-refractivity contribution in [2.24, 2.45) is 50.2 Å². The Morgan fingerprint density at radius 3 is 1.92 bits per heavy atom. The average molecular weight is 849 g/mol. The molecule has 0 bridgehead atoms. The number of carbonyl (C=O) groups is 5. The summed E-state index contributed by atoms with van der Waals surface area (Å²) < 4.78 is 23.1. The summed E-state index contributed by atoms with van der Waals surface area (Å²) in [6.45, 7) is 16.7. The van der Waals surface area contributed by atoms with Crippen LogP contribution in [0.2, 0.25) is 0 Å². The van der Waals surface area contributed by atoms with Crippen molar-refractivity contribution in [3.05, 3.63) is 83.5 Å². The van der Waals surface area contributed by atoms with Crippen LogP contribution in [-0.2, 0) is 33.4 Å². The summed E-state index contributed by atoms with van der Waals surface area (Å²) in [6.07, 6.45) is 15.8. The summed E-state index contributed by atoms with van der Waals surface area (Å²) in [5, 5.41) is 11.0. The SMILES string of the molecule is CC(=O)Oc1cccc(/C=C/C(=O)OC[C@@]23CC[C@@]4(C(=O)O)CCC(C)(C)CC4C2=CCC2[C@@]4(C)CC[C@H](OC(=O)/C=C/c5cccc(OC(C)=O)c5)C(C)(C)C4CC[C@]23C)c1. The minimum Gasteiger partial charge on any atom is -0.481 e. The van der Waals surface area contributed by atoms with Crippen molar-refractivity contribution >= 4 is 42.0 Å². The van der Waals surface area contributed by atoms with E-state index in [0.29, 0.717) is 48.3 Å². The molecule has 4 saturated carbocycles. The van der Waals surface area contributed by atoms with E-state index in [9.17, 15) is 29.1 Å². The topological polar surface area (TPSA) is 143 Å². The first kappa shape index (κ1) is 45.0. The van der Waals surface area contributed by atoms with Crippen LogP contribution < -0.4 is 9.47 Å². The third-order valence-electron chi connectivity index (χ3n) is 16.5. The van der Waals surface area contributed by atoms with E-state index < -0.39 is 40.7 Å². The Kier molecular flexibility index (Phi) is 12.1. The Morgan fingerprint density at radius 1 is 0.726 bits per heavy atom.